The first-order chi connectivity index (χ1) is 9.30. The summed E-state index contributed by atoms with van der Waals surface area (Å²) in [6.45, 7) is 7.72. The lowest BCUT2D eigenvalue weighted by Gasteiger charge is -2.31. The molecule has 5 heteroatoms. The van der Waals surface area contributed by atoms with E-state index in [4.69, 9.17) is 17.3 Å². The molecule has 0 aliphatic heterocycles. The van der Waals surface area contributed by atoms with Crippen molar-refractivity contribution in [1.29, 1.82) is 0 Å². The first kappa shape index (κ1) is 16.9. The van der Waals surface area contributed by atoms with E-state index >= 15 is 0 Å². The molecule has 1 aromatic carbocycles. The van der Waals surface area contributed by atoms with E-state index in [-0.39, 0.29) is 16.3 Å². The third kappa shape index (κ3) is 4.46. The number of nitrogens with zero attached hydrogens (tertiary/aromatic N) is 1. The molecule has 1 amide bonds. The summed E-state index contributed by atoms with van der Waals surface area (Å²) in [5.41, 5.74) is 5.97. The maximum atomic E-state index is 13.2. The van der Waals surface area contributed by atoms with Crippen molar-refractivity contribution < 1.29 is 9.18 Å². The number of nitrogens with two attached hydrogens (primary N) is 1. The zero-order valence-electron chi connectivity index (χ0n) is 12.2. The molecule has 0 aliphatic carbocycles. The van der Waals surface area contributed by atoms with Crippen LogP contribution in [0, 0.1) is 11.2 Å². The lowest BCUT2D eigenvalue weighted by Crippen LogP contribution is -2.42. The molecule has 0 aromatic heterocycles. The summed E-state index contributed by atoms with van der Waals surface area (Å²) in [6.07, 6.45) is 0.849. The van der Waals surface area contributed by atoms with Crippen molar-refractivity contribution in [3.05, 3.63) is 34.6 Å². The molecule has 0 saturated heterocycles. The second kappa shape index (κ2) is 7.04. The van der Waals surface area contributed by atoms with Gasteiger partial charge in [-0.3, -0.25) is 4.79 Å². The lowest BCUT2D eigenvalue weighted by atomic mass is 9.92. The fourth-order valence-corrected chi connectivity index (χ4v) is 2.10. The van der Waals surface area contributed by atoms with E-state index in [9.17, 15) is 9.18 Å². The summed E-state index contributed by atoms with van der Waals surface area (Å²) in [6, 6.07) is 4.05. The molecule has 0 radical (unpaired) electrons. The zero-order chi connectivity index (χ0) is 15.3. The van der Waals surface area contributed by atoms with Crippen molar-refractivity contribution in [2.24, 2.45) is 11.1 Å². The van der Waals surface area contributed by atoms with Crippen molar-refractivity contribution >= 4 is 17.5 Å². The fourth-order valence-electron chi connectivity index (χ4n) is 1.92. The van der Waals surface area contributed by atoms with Crippen molar-refractivity contribution in [3.8, 4) is 0 Å². The second-order valence-electron chi connectivity index (χ2n) is 5.72. The fraction of sp³-hybridized carbons (Fsp3) is 0.533. The first-order valence-electron chi connectivity index (χ1n) is 6.75. The quantitative estimate of drug-likeness (QED) is 0.876. The molecule has 2 N–H and O–H groups in total. The van der Waals surface area contributed by atoms with Gasteiger partial charge in [-0.05, 0) is 36.6 Å². The number of rotatable bonds is 6. The highest BCUT2D eigenvalue weighted by molar-refractivity contribution is 6.31. The largest absolute Gasteiger partial charge is 0.338 e. The van der Waals surface area contributed by atoms with Gasteiger partial charge in [-0.25, -0.2) is 4.39 Å². The molecule has 0 aliphatic rings. The van der Waals surface area contributed by atoms with Gasteiger partial charge >= 0.3 is 0 Å². The van der Waals surface area contributed by atoms with Gasteiger partial charge in [0.25, 0.3) is 5.91 Å². The summed E-state index contributed by atoms with van der Waals surface area (Å²) >= 11 is 5.73. The van der Waals surface area contributed by atoms with Gasteiger partial charge in [0.15, 0.2) is 0 Å². The Bertz CT molecular complexity index is 477. The highest BCUT2D eigenvalue weighted by Gasteiger charge is 2.24. The smallest absolute Gasteiger partial charge is 0.253 e. The predicted molar refractivity (Wildman–Crippen MR) is 80.4 cm³/mol. The number of halogens is 2. The highest BCUT2D eigenvalue weighted by Crippen LogP contribution is 2.20. The Kier molecular flexibility index (Phi) is 5.96. The van der Waals surface area contributed by atoms with Gasteiger partial charge in [0.1, 0.15) is 5.82 Å². The van der Waals surface area contributed by atoms with Crippen molar-refractivity contribution in [2.45, 2.75) is 27.2 Å². The highest BCUT2D eigenvalue weighted by atomic mass is 35.5. The van der Waals surface area contributed by atoms with Crippen LogP contribution in [0.1, 0.15) is 37.6 Å². The first-order valence-corrected chi connectivity index (χ1v) is 7.13. The monoisotopic (exact) mass is 300 g/mol. The molecule has 1 rings (SSSR count). The van der Waals surface area contributed by atoms with Gasteiger partial charge in [-0.15, -0.1) is 0 Å². The summed E-state index contributed by atoms with van der Waals surface area (Å²) in [5.74, 6) is -0.664. The molecule has 0 atom stereocenters. The molecule has 0 fully saturated rings. The Hall–Kier alpha value is -1.13. The Morgan fingerprint density at radius 1 is 1.45 bits per heavy atom. The van der Waals surface area contributed by atoms with Gasteiger partial charge in [-0.1, -0.05) is 32.4 Å². The van der Waals surface area contributed by atoms with Crippen molar-refractivity contribution in [3.63, 3.8) is 0 Å². The maximum absolute atomic E-state index is 13.2. The van der Waals surface area contributed by atoms with Crippen LogP contribution in [0.2, 0.25) is 5.02 Å². The van der Waals surface area contributed by atoms with E-state index in [1.165, 1.54) is 18.2 Å². The molecule has 0 bridgehead atoms. The van der Waals surface area contributed by atoms with Gasteiger partial charge in [-0.2, -0.15) is 0 Å². The molecule has 0 unspecified atom stereocenters. The number of hydrogen-bond acceptors (Lipinski definition) is 2. The molecule has 0 spiro atoms. The Balaban J connectivity index is 2.96. The lowest BCUT2D eigenvalue weighted by molar-refractivity contribution is 0.0689. The van der Waals surface area contributed by atoms with E-state index in [0.29, 0.717) is 25.2 Å². The minimum absolute atomic E-state index is 0.0367. The number of benzene rings is 1. The van der Waals surface area contributed by atoms with Gasteiger partial charge in [0, 0.05) is 18.7 Å². The Morgan fingerprint density at radius 3 is 2.60 bits per heavy atom. The van der Waals surface area contributed by atoms with Crippen LogP contribution in [0.3, 0.4) is 0 Å². The normalized spacial score (nSPS) is 11.5. The summed E-state index contributed by atoms with van der Waals surface area (Å²) < 4.78 is 13.2. The number of amides is 1. The molecule has 112 valence electrons. The molecule has 1 aromatic rings. The van der Waals surface area contributed by atoms with Crippen LogP contribution in [0.4, 0.5) is 4.39 Å². The van der Waals surface area contributed by atoms with Crippen molar-refractivity contribution in [2.75, 3.05) is 19.6 Å². The number of hydrogen-bond donors (Lipinski definition) is 1. The standard InChI is InChI=1S/C15H22ClFN2O/c1-4-7-19(10-15(2,3)9-18)14(20)11-5-6-13(17)12(16)8-11/h5-6,8H,4,7,9-10,18H2,1-3H3. The van der Waals surface area contributed by atoms with Crippen LogP contribution in [0.25, 0.3) is 0 Å². The van der Waals surface area contributed by atoms with Gasteiger partial charge in [0.2, 0.25) is 0 Å². The minimum atomic E-state index is -0.521. The second-order valence-corrected chi connectivity index (χ2v) is 6.13. The summed E-state index contributed by atoms with van der Waals surface area (Å²) in [4.78, 5) is 14.2. The maximum Gasteiger partial charge on any atom is 0.253 e. The minimum Gasteiger partial charge on any atom is -0.338 e. The molecular formula is C15H22ClFN2O. The SMILES string of the molecule is CCCN(CC(C)(C)CN)C(=O)c1ccc(F)c(Cl)c1. The van der Waals surface area contributed by atoms with E-state index < -0.39 is 5.82 Å². The molecule has 3 nitrogen and oxygen atoms in total. The van der Waals surface area contributed by atoms with Crippen LogP contribution in [0.15, 0.2) is 18.2 Å². The van der Waals surface area contributed by atoms with Crippen LogP contribution in [-0.2, 0) is 0 Å². The van der Waals surface area contributed by atoms with E-state index in [1.807, 2.05) is 20.8 Å². The number of carbonyl (C=O) groups is 1. The van der Waals surface area contributed by atoms with Gasteiger partial charge in [0.05, 0.1) is 5.02 Å². The van der Waals surface area contributed by atoms with E-state index in [0.717, 1.165) is 6.42 Å². The Labute approximate surface area is 124 Å². The third-order valence-corrected chi connectivity index (χ3v) is 3.41. The number of carbonyl (C=O) groups excluding carboxylic acids is 1. The molecule has 20 heavy (non-hydrogen) atoms. The van der Waals surface area contributed by atoms with Crippen molar-refractivity contribution in [1.82, 2.24) is 4.90 Å². The van der Waals surface area contributed by atoms with Crippen LogP contribution in [-0.4, -0.2) is 30.4 Å². The average molecular weight is 301 g/mol. The molecular weight excluding hydrogens is 279 g/mol. The topological polar surface area (TPSA) is 46.3 Å². The van der Waals surface area contributed by atoms with E-state index in [1.54, 1.807) is 4.90 Å². The predicted octanol–water partition coefficient (Wildman–Crippen LogP) is 3.32. The summed E-state index contributed by atoms with van der Waals surface area (Å²) in [7, 11) is 0. The van der Waals surface area contributed by atoms with Crippen LogP contribution >= 0.6 is 11.6 Å². The van der Waals surface area contributed by atoms with Crippen LogP contribution in [0.5, 0.6) is 0 Å². The zero-order valence-corrected chi connectivity index (χ0v) is 13.0. The third-order valence-electron chi connectivity index (χ3n) is 3.12. The average Bonchev–Trinajstić information content (AvgIpc) is 2.40. The molecule has 0 saturated carbocycles. The molecule has 0 heterocycles. The van der Waals surface area contributed by atoms with E-state index in [2.05, 4.69) is 0 Å². The van der Waals surface area contributed by atoms with Gasteiger partial charge < -0.3 is 10.6 Å². The Morgan fingerprint density at radius 2 is 2.10 bits per heavy atom. The summed E-state index contributed by atoms with van der Waals surface area (Å²) in [5, 5.41) is -0.0367. The van der Waals surface area contributed by atoms with Crippen LogP contribution < -0.4 is 5.73 Å².